The first-order chi connectivity index (χ1) is 9.05. The van der Waals surface area contributed by atoms with Crippen molar-refractivity contribution in [3.63, 3.8) is 0 Å². The molecule has 0 saturated carbocycles. The zero-order chi connectivity index (χ0) is 13.9. The number of nitrogen functional groups attached to an aromatic ring is 1. The number of nitrogens with one attached hydrogen (secondary N) is 1. The summed E-state index contributed by atoms with van der Waals surface area (Å²) in [6, 6.07) is 2.25. The SMILES string of the molecule is CNC(Cc1cnccc1N)C(C)(C)N1CCCC1. The lowest BCUT2D eigenvalue weighted by atomic mass is 9.88. The molecule has 0 bridgehead atoms. The molecule has 1 fully saturated rings. The number of hydrogen-bond donors (Lipinski definition) is 2. The van der Waals surface area contributed by atoms with Crippen LogP contribution in [0, 0.1) is 0 Å². The van der Waals surface area contributed by atoms with Crippen LogP contribution in [0.4, 0.5) is 5.69 Å². The normalized spacial score (nSPS) is 18.7. The molecule has 19 heavy (non-hydrogen) atoms. The summed E-state index contributed by atoms with van der Waals surface area (Å²) < 4.78 is 0. The lowest BCUT2D eigenvalue weighted by Crippen LogP contribution is -2.57. The molecule has 0 radical (unpaired) electrons. The molecule has 106 valence electrons. The van der Waals surface area contributed by atoms with E-state index >= 15 is 0 Å². The topological polar surface area (TPSA) is 54.2 Å². The number of aromatic nitrogens is 1. The number of pyridine rings is 1. The zero-order valence-corrected chi connectivity index (χ0v) is 12.3. The number of nitrogens with two attached hydrogens (primary N) is 1. The maximum absolute atomic E-state index is 6.04. The molecule has 1 aliphatic heterocycles. The van der Waals surface area contributed by atoms with Crippen LogP contribution in [0.3, 0.4) is 0 Å². The van der Waals surface area contributed by atoms with Crippen LogP contribution < -0.4 is 11.1 Å². The van der Waals surface area contributed by atoms with Crippen molar-refractivity contribution in [3.05, 3.63) is 24.0 Å². The Balaban J connectivity index is 2.13. The van der Waals surface area contributed by atoms with E-state index in [2.05, 4.69) is 29.0 Å². The summed E-state index contributed by atoms with van der Waals surface area (Å²) >= 11 is 0. The summed E-state index contributed by atoms with van der Waals surface area (Å²) in [4.78, 5) is 6.78. The Morgan fingerprint density at radius 2 is 2.11 bits per heavy atom. The van der Waals surface area contributed by atoms with E-state index in [1.54, 1.807) is 6.20 Å². The van der Waals surface area contributed by atoms with Crippen molar-refractivity contribution < 1.29 is 0 Å². The molecule has 0 amide bonds. The third-order valence-electron chi connectivity index (χ3n) is 4.49. The van der Waals surface area contributed by atoms with Gasteiger partial charge in [0, 0.05) is 29.7 Å². The van der Waals surface area contributed by atoms with E-state index in [9.17, 15) is 0 Å². The molecule has 1 aliphatic rings. The molecule has 2 heterocycles. The molecule has 3 N–H and O–H groups in total. The van der Waals surface area contributed by atoms with Gasteiger partial charge in [-0.05, 0) is 64.9 Å². The third-order valence-corrected chi connectivity index (χ3v) is 4.49. The fourth-order valence-corrected chi connectivity index (χ4v) is 3.05. The first-order valence-electron chi connectivity index (χ1n) is 7.16. The average molecular weight is 262 g/mol. The van der Waals surface area contributed by atoms with Crippen LogP contribution in [0.1, 0.15) is 32.3 Å². The molecule has 1 unspecified atom stereocenters. The van der Waals surface area contributed by atoms with Crippen LogP contribution >= 0.6 is 0 Å². The number of hydrogen-bond acceptors (Lipinski definition) is 4. The van der Waals surface area contributed by atoms with Crippen molar-refractivity contribution in [3.8, 4) is 0 Å². The van der Waals surface area contributed by atoms with Crippen LogP contribution in [0.5, 0.6) is 0 Å². The minimum atomic E-state index is 0.132. The molecule has 4 nitrogen and oxygen atoms in total. The molecule has 2 rings (SSSR count). The van der Waals surface area contributed by atoms with E-state index in [0.717, 1.165) is 17.7 Å². The van der Waals surface area contributed by atoms with E-state index in [-0.39, 0.29) is 5.54 Å². The first-order valence-corrected chi connectivity index (χ1v) is 7.16. The molecule has 1 aromatic heterocycles. The molecule has 1 aromatic rings. The molecule has 0 spiro atoms. The maximum Gasteiger partial charge on any atom is 0.0378 e. The minimum Gasteiger partial charge on any atom is -0.398 e. The highest BCUT2D eigenvalue weighted by molar-refractivity contribution is 5.44. The number of anilines is 1. The summed E-state index contributed by atoms with van der Waals surface area (Å²) in [5.41, 5.74) is 8.15. The van der Waals surface area contributed by atoms with Gasteiger partial charge < -0.3 is 11.1 Å². The van der Waals surface area contributed by atoms with Gasteiger partial charge >= 0.3 is 0 Å². The summed E-state index contributed by atoms with van der Waals surface area (Å²) in [5, 5.41) is 3.47. The van der Waals surface area contributed by atoms with Crippen molar-refractivity contribution in [1.82, 2.24) is 15.2 Å². The molecule has 0 aromatic carbocycles. The largest absolute Gasteiger partial charge is 0.398 e. The number of likely N-dealkylation sites (N-methyl/N-ethyl adjacent to an activating group) is 1. The fourth-order valence-electron chi connectivity index (χ4n) is 3.05. The van der Waals surface area contributed by atoms with Gasteiger partial charge in [-0.2, -0.15) is 0 Å². The van der Waals surface area contributed by atoms with Gasteiger partial charge in [-0.3, -0.25) is 9.88 Å². The maximum atomic E-state index is 6.04. The molecule has 1 atom stereocenters. The number of rotatable bonds is 5. The third kappa shape index (κ3) is 3.07. The van der Waals surface area contributed by atoms with Gasteiger partial charge in [-0.15, -0.1) is 0 Å². The highest BCUT2D eigenvalue weighted by Crippen LogP contribution is 2.27. The minimum absolute atomic E-state index is 0.132. The summed E-state index contributed by atoms with van der Waals surface area (Å²) in [5.74, 6) is 0. The smallest absolute Gasteiger partial charge is 0.0378 e. The Hall–Kier alpha value is -1.13. The Bertz CT molecular complexity index is 410. The van der Waals surface area contributed by atoms with E-state index in [1.807, 2.05) is 19.3 Å². The van der Waals surface area contributed by atoms with Gasteiger partial charge in [-0.25, -0.2) is 0 Å². The molecule has 1 saturated heterocycles. The number of likely N-dealkylation sites (tertiary alicyclic amines) is 1. The number of nitrogens with zero attached hydrogens (tertiary/aromatic N) is 2. The van der Waals surface area contributed by atoms with Crippen LogP contribution in [-0.2, 0) is 6.42 Å². The highest BCUT2D eigenvalue weighted by atomic mass is 15.2. The second kappa shape index (κ2) is 5.88. The van der Waals surface area contributed by atoms with Crippen LogP contribution in [0.15, 0.2) is 18.5 Å². The van der Waals surface area contributed by atoms with Crippen molar-refractivity contribution in [2.45, 2.75) is 44.7 Å². The first kappa shape index (κ1) is 14.3. The lowest BCUT2D eigenvalue weighted by Gasteiger charge is -2.42. The van der Waals surface area contributed by atoms with Gasteiger partial charge in [0.05, 0.1) is 0 Å². The molecule has 4 heteroatoms. The van der Waals surface area contributed by atoms with Crippen molar-refractivity contribution in [2.75, 3.05) is 25.9 Å². The van der Waals surface area contributed by atoms with Gasteiger partial charge in [0.1, 0.15) is 0 Å². The van der Waals surface area contributed by atoms with Gasteiger partial charge in [0.15, 0.2) is 0 Å². The highest BCUT2D eigenvalue weighted by Gasteiger charge is 2.36. The Kier molecular flexibility index (Phi) is 4.42. The van der Waals surface area contributed by atoms with E-state index in [4.69, 9.17) is 5.73 Å². The predicted octanol–water partition coefficient (Wildman–Crippen LogP) is 1.67. The van der Waals surface area contributed by atoms with E-state index in [1.165, 1.54) is 25.9 Å². The van der Waals surface area contributed by atoms with Crippen LogP contribution in [0.2, 0.25) is 0 Å². The van der Waals surface area contributed by atoms with Crippen molar-refractivity contribution >= 4 is 5.69 Å². The average Bonchev–Trinajstić information content (AvgIpc) is 2.92. The Morgan fingerprint density at radius 1 is 1.42 bits per heavy atom. The van der Waals surface area contributed by atoms with Gasteiger partial charge in [-0.1, -0.05) is 0 Å². The molecule has 0 aliphatic carbocycles. The second-order valence-electron chi connectivity index (χ2n) is 5.97. The second-order valence-corrected chi connectivity index (χ2v) is 5.97. The van der Waals surface area contributed by atoms with Gasteiger partial charge in [0.2, 0.25) is 0 Å². The quantitative estimate of drug-likeness (QED) is 0.847. The summed E-state index contributed by atoms with van der Waals surface area (Å²) in [7, 11) is 2.04. The Labute approximate surface area is 116 Å². The summed E-state index contributed by atoms with van der Waals surface area (Å²) in [6.07, 6.45) is 7.18. The lowest BCUT2D eigenvalue weighted by molar-refractivity contribution is 0.110. The van der Waals surface area contributed by atoms with Crippen LogP contribution in [0.25, 0.3) is 0 Å². The van der Waals surface area contributed by atoms with Crippen LogP contribution in [-0.4, -0.2) is 41.6 Å². The fraction of sp³-hybridized carbons (Fsp3) is 0.667. The van der Waals surface area contributed by atoms with Crippen molar-refractivity contribution in [1.29, 1.82) is 0 Å². The van der Waals surface area contributed by atoms with E-state index < -0.39 is 0 Å². The molecular weight excluding hydrogens is 236 g/mol. The predicted molar refractivity (Wildman–Crippen MR) is 80.1 cm³/mol. The zero-order valence-electron chi connectivity index (χ0n) is 12.3. The Morgan fingerprint density at radius 3 is 2.68 bits per heavy atom. The van der Waals surface area contributed by atoms with Gasteiger partial charge in [0.25, 0.3) is 0 Å². The standard InChI is InChI=1S/C15H26N4/c1-15(2,19-8-4-5-9-19)14(17-3)10-12-11-18-7-6-13(12)16/h6-7,11,14,17H,4-5,8-10H2,1-3H3,(H2,16,18). The molecular formula is C15H26N4. The summed E-state index contributed by atoms with van der Waals surface area (Å²) in [6.45, 7) is 7.06. The van der Waals surface area contributed by atoms with E-state index in [0.29, 0.717) is 6.04 Å². The monoisotopic (exact) mass is 262 g/mol. The van der Waals surface area contributed by atoms with Crippen molar-refractivity contribution in [2.24, 2.45) is 0 Å².